The number of nitrogens with two attached hydrogens (primary N) is 1. The van der Waals surface area contributed by atoms with E-state index in [2.05, 4.69) is 72.8 Å². The van der Waals surface area contributed by atoms with Gasteiger partial charge in [-0.05, 0) is 73.8 Å². The maximum absolute atomic E-state index is 7.17. The number of halogens is 3. The molecule has 0 radical (unpaired) electrons. The molecule has 0 amide bonds. The van der Waals surface area contributed by atoms with E-state index in [9.17, 15) is 0 Å². The molecule has 70 valence electrons. The number of pyridine rings is 1. The van der Waals surface area contributed by atoms with Crippen LogP contribution in [0.4, 0.5) is 0 Å². The lowest BCUT2D eigenvalue weighted by atomic mass is 10.3. The molecular formula is C7H6I3N3. The second-order valence-electron chi connectivity index (χ2n) is 2.34. The monoisotopic (exact) mass is 513 g/mol. The van der Waals surface area contributed by atoms with Gasteiger partial charge >= 0.3 is 0 Å². The summed E-state index contributed by atoms with van der Waals surface area (Å²) in [5.74, 6) is 0.00697. The van der Waals surface area contributed by atoms with Crippen molar-refractivity contribution in [3.63, 3.8) is 0 Å². The van der Waals surface area contributed by atoms with E-state index in [-0.39, 0.29) is 5.27 Å². The van der Waals surface area contributed by atoms with Crippen molar-refractivity contribution in [3.05, 3.63) is 29.6 Å². The molecule has 0 aliphatic heterocycles. The molecule has 0 unspecified atom stereocenters. The number of nitrogens with one attached hydrogen (secondary N) is 1. The molecule has 1 heterocycles. The van der Waals surface area contributed by atoms with Gasteiger partial charge in [0.15, 0.2) is -0.565 Å². The highest BCUT2D eigenvalue weighted by Gasteiger charge is 2.20. The van der Waals surface area contributed by atoms with E-state index in [1.807, 2.05) is 6.07 Å². The average Bonchev–Trinajstić information content (AvgIpc) is 2.03. The second-order valence-corrected chi connectivity index (χ2v) is 13.4. The molecular weight excluding hydrogens is 507 g/mol. The molecule has 3 nitrogen and oxygen atoms in total. The van der Waals surface area contributed by atoms with Gasteiger partial charge in [0.05, 0.1) is 0 Å². The molecule has 0 atom stereocenters. The van der Waals surface area contributed by atoms with Crippen molar-refractivity contribution in [2.45, 2.75) is -0.565 Å². The van der Waals surface area contributed by atoms with Crippen LogP contribution in [-0.4, -0.2) is 10.8 Å². The molecule has 0 saturated heterocycles. The van der Waals surface area contributed by atoms with E-state index in [0.717, 1.165) is 5.56 Å². The average molecular weight is 513 g/mol. The Morgan fingerprint density at radius 1 is 1.38 bits per heavy atom. The Hall–Kier alpha value is 0.810. The molecule has 1 aromatic rings. The van der Waals surface area contributed by atoms with Gasteiger partial charge in [0, 0.05) is 11.8 Å². The first-order valence-corrected chi connectivity index (χ1v) is 6.52. The molecule has 0 saturated carbocycles. The maximum Gasteiger partial charge on any atom is 0.150 e. The van der Waals surface area contributed by atoms with E-state index >= 15 is 0 Å². The van der Waals surface area contributed by atoms with Crippen LogP contribution in [0.5, 0.6) is 0 Å². The molecule has 1 aromatic heterocycles. The summed E-state index contributed by atoms with van der Waals surface area (Å²) in [5.41, 5.74) is 6.92. The standard InChI is InChI=1S/C7H6I3N3/c8-7(9,10)4-1-2-5(6(11)12)13-3-4/h1-3H,(H3,11,12). The largest absolute Gasteiger partial charge is 0.382 e. The van der Waals surface area contributed by atoms with Crippen molar-refractivity contribution < 1.29 is 0 Å². The van der Waals surface area contributed by atoms with Crippen molar-refractivity contribution in [1.29, 1.82) is 5.41 Å². The third-order valence-corrected chi connectivity index (χ3v) is 3.24. The lowest BCUT2D eigenvalue weighted by molar-refractivity contribution is 1.21. The number of alkyl halides is 3. The van der Waals surface area contributed by atoms with Gasteiger partial charge in [-0.1, -0.05) is 6.07 Å². The molecule has 0 spiro atoms. The minimum atomic E-state index is 0.00697. The summed E-state index contributed by atoms with van der Waals surface area (Å²) in [6.45, 7) is 0. The smallest absolute Gasteiger partial charge is 0.150 e. The first-order valence-electron chi connectivity index (χ1n) is 3.29. The summed E-state index contributed by atoms with van der Waals surface area (Å²) in [6, 6.07) is 3.71. The first-order chi connectivity index (χ1) is 5.91. The van der Waals surface area contributed by atoms with Crippen molar-refractivity contribution in [3.8, 4) is 0 Å². The van der Waals surface area contributed by atoms with Gasteiger partial charge in [-0.25, -0.2) is 0 Å². The number of nitrogen functional groups attached to an aromatic ring is 1. The van der Waals surface area contributed by atoms with E-state index in [1.165, 1.54) is 0 Å². The summed E-state index contributed by atoms with van der Waals surface area (Å²) in [4.78, 5) is 4.08. The van der Waals surface area contributed by atoms with Crippen LogP contribution in [0.3, 0.4) is 0 Å². The highest BCUT2D eigenvalue weighted by atomic mass is 127. The zero-order valence-corrected chi connectivity index (χ0v) is 12.9. The van der Waals surface area contributed by atoms with Crippen LogP contribution in [0, 0.1) is 5.41 Å². The quantitative estimate of drug-likeness (QED) is 0.277. The Balaban J connectivity index is 3.01. The van der Waals surface area contributed by atoms with Crippen LogP contribution >= 0.6 is 67.8 Å². The van der Waals surface area contributed by atoms with Gasteiger partial charge < -0.3 is 5.73 Å². The Bertz CT molecular complexity index is 315. The van der Waals surface area contributed by atoms with Crippen LogP contribution < -0.4 is 5.73 Å². The van der Waals surface area contributed by atoms with E-state index < -0.39 is 0 Å². The number of aromatic nitrogens is 1. The van der Waals surface area contributed by atoms with Crippen LogP contribution in [0.2, 0.25) is 0 Å². The van der Waals surface area contributed by atoms with Gasteiger partial charge in [0.2, 0.25) is 0 Å². The maximum atomic E-state index is 7.17. The summed E-state index contributed by atoms with van der Waals surface area (Å²) in [7, 11) is 0. The Morgan fingerprint density at radius 2 is 2.00 bits per heavy atom. The fourth-order valence-electron chi connectivity index (χ4n) is 0.721. The number of amidine groups is 1. The fourth-order valence-corrected chi connectivity index (χ4v) is 1.68. The van der Waals surface area contributed by atoms with Gasteiger partial charge in [0.25, 0.3) is 0 Å². The van der Waals surface area contributed by atoms with Crippen LogP contribution in [-0.2, 0) is -0.565 Å². The summed E-state index contributed by atoms with van der Waals surface area (Å²) in [6.07, 6.45) is 1.75. The Kier molecular flexibility index (Phi) is 4.16. The molecule has 0 fully saturated rings. The fraction of sp³-hybridized carbons (Fsp3) is 0.143. The van der Waals surface area contributed by atoms with Crippen molar-refractivity contribution in [1.82, 2.24) is 4.98 Å². The zero-order chi connectivity index (χ0) is 10.1. The normalized spacial score (nSPS) is 11.3. The third kappa shape index (κ3) is 3.46. The minimum absolute atomic E-state index is 0.00697. The number of rotatable bonds is 2. The van der Waals surface area contributed by atoms with E-state index in [0.29, 0.717) is 5.69 Å². The Morgan fingerprint density at radius 3 is 2.31 bits per heavy atom. The highest BCUT2D eigenvalue weighted by Crippen LogP contribution is 2.45. The SMILES string of the molecule is N=C(N)c1ccc(C(I)(I)I)cn1. The summed E-state index contributed by atoms with van der Waals surface area (Å²) in [5, 5.41) is 7.17. The molecule has 0 aliphatic rings. The predicted octanol–water partition coefficient (Wildman–Crippen LogP) is 2.78. The topological polar surface area (TPSA) is 62.8 Å². The number of nitrogens with zero attached hydrogens (tertiary/aromatic N) is 1. The number of hydrogen-bond acceptors (Lipinski definition) is 2. The second kappa shape index (κ2) is 4.55. The molecule has 6 heteroatoms. The summed E-state index contributed by atoms with van der Waals surface area (Å²) < 4.78 is 0.00952. The van der Waals surface area contributed by atoms with Gasteiger partial charge in [0.1, 0.15) is 11.5 Å². The highest BCUT2D eigenvalue weighted by molar-refractivity contribution is 14.3. The third-order valence-electron chi connectivity index (χ3n) is 1.37. The van der Waals surface area contributed by atoms with Crippen molar-refractivity contribution in [2.75, 3.05) is 0 Å². The molecule has 1 rings (SSSR count). The Labute approximate surface area is 117 Å². The summed E-state index contributed by atoms with van der Waals surface area (Å²) >= 11 is 6.96. The lowest BCUT2D eigenvalue weighted by Gasteiger charge is -2.11. The van der Waals surface area contributed by atoms with Gasteiger partial charge in [-0.15, -0.1) is 0 Å². The van der Waals surface area contributed by atoms with E-state index in [4.69, 9.17) is 11.1 Å². The van der Waals surface area contributed by atoms with Crippen LogP contribution in [0.25, 0.3) is 0 Å². The predicted molar refractivity (Wildman–Crippen MR) is 79.0 cm³/mol. The lowest BCUT2D eigenvalue weighted by Crippen LogP contribution is -2.13. The van der Waals surface area contributed by atoms with Gasteiger partial charge in [-0.3, -0.25) is 10.4 Å². The molecule has 0 aliphatic carbocycles. The van der Waals surface area contributed by atoms with Crippen LogP contribution in [0.15, 0.2) is 18.3 Å². The first kappa shape index (κ1) is 11.9. The van der Waals surface area contributed by atoms with Crippen molar-refractivity contribution in [2.24, 2.45) is 5.73 Å². The van der Waals surface area contributed by atoms with Crippen molar-refractivity contribution >= 4 is 73.6 Å². The molecule has 0 aromatic carbocycles. The van der Waals surface area contributed by atoms with E-state index in [1.54, 1.807) is 12.3 Å². The zero-order valence-electron chi connectivity index (χ0n) is 6.39. The molecule has 13 heavy (non-hydrogen) atoms. The number of hydrogen-bond donors (Lipinski definition) is 2. The molecule has 0 bridgehead atoms. The molecule has 3 N–H and O–H groups in total. The van der Waals surface area contributed by atoms with Gasteiger partial charge in [-0.2, -0.15) is 0 Å². The minimum Gasteiger partial charge on any atom is -0.382 e. The van der Waals surface area contributed by atoms with Crippen LogP contribution in [0.1, 0.15) is 11.3 Å².